The van der Waals surface area contributed by atoms with Crippen LogP contribution in [0, 0.1) is 34.5 Å². The summed E-state index contributed by atoms with van der Waals surface area (Å²) in [5.74, 6) is -0.187. The van der Waals surface area contributed by atoms with Crippen LogP contribution < -0.4 is 0 Å². The summed E-state index contributed by atoms with van der Waals surface area (Å²) in [5.41, 5.74) is -2.61. The number of fused-ring (bicyclic) bond motifs is 5. The third-order valence-corrected chi connectivity index (χ3v) is 9.19. The molecule has 0 radical (unpaired) electrons. The van der Waals surface area contributed by atoms with Gasteiger partial charge in [-0.1, -0.05) is 13.8 Å². The zero-order valence-electron chi connectivity index (χ0n) is 17.7. The van der Waals surface area contributed by atoms with E-state index in [2.05, 4.69) is 6.92 Å². The fraction of sp³-hybridized carbons (Fsp3) is 0.826. The Labute approximate surface area is 171 Å². The molecule has 6 nitrogen and oxygen atoms in total. The van der Waals surface area contributed by atoms with Gasteiger partial charge < -0.3 is 9.84 Å². The third-order valence-electron chi connectivity index (χ3n) is 9.19. The van der Waals surface area contributed by atoms with Crippen molar-refractivity contribution >= 4 is 23.3 Å². The first-order chi connectivity index (χ1) is 13.5. The standard InChI is InChI=1S/C23H32O6/c1-13(24)29-12-19(27)23(28)9-7-17-16-5-4-14-10-15(25)6-8-21(14,2)20(16)18(26)11-22(17,23)3/h14,16-17,20,28H,4-12H2,1-3H3/t14-,16+,17+,20-,21+,22+,23-/m1/s1. The first-order valence-electron chi connectivity index (χ1n) is 11.0. The van der Waals surface area contributed by atoms with Crippen molar-refractivity contribution in [2.45, 2.75) is 77.7 Å². The Balaban J connectivity index is 1.64. The van der Waals surface area contributed by atoms with Crippen molar-refractivity contribution in [1.29, 1.82) is 0 Å². The second kappa shape index (κ2) is 6.73. The van der Waals surface area contributed by atoms with Crippen molar-refractivity contribution in [3.8, 4) is 0 Å². The van der Waals surface area contributed by atoms with Crippen LogP contribution in [0.15, 0.2) is 0 Å². The summed E-state index contributed by atoms with van der Waals surface area (Å²) in [4.78, 5) is 49.5. The van der Waals surface area contributed by atoms with Crippen LogP contribution in [0.3, 0.4) is 0 Å². The molecule has 0 aliphatic heterocycles. The quantitative estimate of drug-likeness (QED) is 0.726. The normalized spacial score (nSPS) is 46.5. The molecule has 4 aliphatic carbocycles. The van der Waals surface area contributed by atoms with Gasteiger partial charge in [-0.3, -0.25) is 19.2 Å². The van der Waals surface area contributed by atoms with E-state index in [1.54, 1.807) is 0 Å². The van der Waals surface area contributed by atoms with Gasteiger partial charge in [0.2, 0.25) is 5.78 Å². The summed E-state index contributed by atoms with van der Waals surface area (Å²) in [6.45, 7) is 4.86. The zero-order chi connectivity index (χ0) is 21.2. The van der Waals surface area contributed by atoms with Gasteiger partial charge in [0.15, 0.2) is 6.61 Å². The van der Waals surface area contributed by atoms with Gasteiger partial charge in [-0.05, 0) is 55.3 Å². The molecule has 4 fully saturated rings. The van der Waals surface area contributed by atoms with E-state index in [1.807, 2.05) is 6.92 Å². The van der Waals surface area contributed by atoms with Crippen LogP contribution in [0.1, 0.15) is 72.1 Å². The Morgan fingerprint density at radius 1 is 1.14 bits per heavy atom. The van der Waals surface area contributed by atoms with Crippen molar-refractivity contribution in [2.24, 2.45) is 34.5 Å². The minimum Gasteiger partial charge on any atom is -0.458 e. The Morgan fingerprint density at radius 2 is 1.86 bits per heavy atom. The van der Waals surface area contributed by atoms with Gasteiger partial charge in [0, 0.05) is 37.5 Å². The number of carbonyl (C=O) groups excluding carboxylic acids is 4. The number of rotatable bonds is 3. The van der Waals surface area contributed by atoms with E-state index in [4.69, 9.17) is 4.74 Å². The average molecular weight is 405 g/mol. The van der Waals surface area contributed by atoms with E-state index in [0.717, 1.165) is 19.3 Å². The molecule has 0 spiro atoms. The van der Waals surface area contributed by atoms with E-state index in [1.165, 1.54) is 6.92 Å². The smallest absolute Gasteiger partial charge is 0.303 e. The van der Waals surface area contributed by atoms with Crippen LogP contribution in [0.2, 0.25) is 0 Å². The summed E-state index contributed by atoms with van der Waals surface area (Å²) in [6.07, 6.45) is 4.90. The molecule has 29 heavy (non-hydrogen) atoms. The van der Waals surface area contributed by atoms with Gasteiger partial charge in [-0.2, -0.15) is 0 Å². The van der Waals surface area contributed by atoms with E-state index in [-0.39, 0.29) is 41.3 Å². The minimum atomic E-state index is -1.63. The average Bonchev–Trinajstić information content (AvgIpc) is 2.91. The molecule has 0 heterocycles. The van der Waals surface area contributed by atoms with Gasteiger partial charge in [0.1, 0.15) is 17.2 Å². The lowest BCUT2D eigenvalue weighted by Gasteiger charge is -2.59. The molecule has 0 aromatic carbocycles. The number of aliphatic hydroxyl groups is 1. The fourth-order valence-electron chi connectivity index (χ4n) is 7.61. The maximum atomic E-state index is 13.5. The molecular weight excluding hydrogens is 372 g/mol. The van der Waals surface area contributed by atoms with Crippen LogP contribution in [0.4, 0.5) is 0 Å². The number of esters is 1. The molecule has 0 bridgehead atoms. The van der Waals surface area contributed by atoms with Crippen LogP contribution in [0.5, 0.6) is 0 Å². The molecule has 0 saturated heterocycles. The summed E-state index contributed by atoms with van der Waals surface area (Å²) < 4.78 is 4.87. The molecule has 4 aliphatic rings. The summed E-state index contributed by atoms with van der Waals surface area (Å²) in [6, 6.07) is 0. The van der Waals surface area contributed by atoms with Gasteiger partial charge in [0.05, 0.1) is 0 Å². The molecule has 4 saturated carbocycles. The van der Waals surface area contributed by atoms with Crippen LogP contribution >= 0.6 is 0 Å². The zero-order valence-corrected chi connectivity index (χ0v) is 17.7. The van der Waals surface area contributed by atoms with Gasteiger partial charge in [0.25, 0.3) is 0 Å². The SMILES string of the molecule is CC(=O)OCC(=O)[C@]1(O)CC[C@H]2[C@@H]3CC[C@@H]4CC(=O)CC[C@]4(C)[C@H]3C(=O)C[C@@]21C. The van der Waals surface area contributed by atoms with Crippen molar-refractivity contribution in [3.63, 3.8) is 0 Å². The number of ether oxygens (including phenoxy) is 1. The van der Waals surface area contributed by atoms with E-state index >= 15 is 0 Å². The predicted molar refractivity (Wildman–Crippen MR) is 104 cm³/mol. The van der Waals surface area contributed by atoms with Crippen LogP contribution in [-0.4, -0.2) is 40.6 Å². The highest BCUT2D eigenvalue weighted by molar-refractivity contribution is 5.93. The second-order valence-corrected chi connectivity index (χ2v) is 10.4. The highest BCUT2D eigenvalue weighted by atomic mass is 16.5. The van der Waals surface area contributed by atoms with Crippen LogP contribution in [-0.2, 0) is 23.9 Å². The number of hydrogen-bond acceptors (Lipinski definition) is 6. The van der Waals surface area contributed by atoms with Crippen LogP contribution in [0.25, 0.3) is 0 Å². The van der Waals surface area contributed by atoms with Crippen molar-refractivity contribution in [1.82, 2.24) is 0 Å². The van der Waals surface area contributed by atoms with Gasteiger partial charge in [-0.15, -0.1) is 0 Å². The molecular formula is C23H32O6. The summed E-state index contributed by atoms with van der Waals surface area (Å²) in [5, 5.41) is 11.4. The van der Waals surface area contributed by atoms with E-state index < -0.39 is 29.4 Å². The molecule has 4 rings (SSSR count). The maximum Gasteiger partial charge on any atom is 0.303 e. The maximum absolute atomic E-state index is 13.5. The topological polar surface area (TPSA) is 97.7 Å². The molecule has 7 atom stereocenters. The molecule has 0 aromatic rings. The Hall–Kier alpha value is -1.56. The Morgan fingerprint density at radius 3 is 2.55 bits per heavy atom. The molecule has 6 heteroatoms. The monoisotopic (exact) mass is 404 g/mol. The number of Topliss-reactive ketones (excluding diaryl/α,β-unsaturated/α-hetero) is 3. The van der Waals surface area contributed by atoms with Gasteiger partial charge >= 0.3 is 5.97 Å². The second-order valence-electron chi connectivity index (χ2n) is 10.4. The summed E-state index contributed by atoms with van der Waals surface area (Å²) >= 11 is 0. The van der Waals surface area contributed by atoms with E-state index in [0.29, 0.717) is 31.5 Å². The highest BCUT2D eigenvalue weighted by Gasteiger charge is 2.69. The molecule has 160 valence electrons. The van der Waals surface area contributed by atoms with Gasteiger partial charge in [-0.25, -0.2) is 0 Å². The summed E-state index contributed by atoms with van der Waals surface area (Å²) in [7, 11) is 0. The Bertz CT molecular complexity index is 773. The molecule has 0 amide bonds. The largest absolute Gasteiger partial charge is 0.458 e. The number of ketones is 3. The lowest BCUT2D eigenvalue weighted by molar-refractivity contribution is -0.180. The lowest BCUT2D eigenvalue weighted by atomic mass is 9.44. The number of carbonyl (C=O) groups is 4. The Kier molecular flexibility index (Phi) is 4.80. The highest BCUT2D eigenvalue weighted by Crippen LogP contribution is 2.67. The minimum absolute atomic E-state index is 0.0849. The van der Waals surface area contributed by atoms with Crippen molar-refractivity contribution in [3.05, 3.63) is 0 Å². The molecule has 0 aromatic heterocycles. The predicted octanol–water partition coefficient (Wildman–Crippen LogP) is 2.64. The molecule has 1 N–H and O–H groups in total. The number of hydrogen-bond donors (Lipinski definition) is 1. The van der Waals surface area contributed by atoms with Crippen molar-refractivity contribution in [2.75, 3.05) is 6.61 Å². The first kappa shape index (κ1) is 20.7. The fourth-order valence-corrected chi connectivity index (χ4v) is 7.61. The van der Waals surface area contributed by atoms with E-state index in [9.17, 15) is 24.3 Å². The third kappa shape index (κ3) is 2.85. The lowest BCUT2D eigenvalue weighted by Crippen LogP contribution is -2.62. The first-order valence-corrected chi connectivity index (χ1v) is 11.0. The molecule has 0 unspecified atom stereocenters. The van der Waals surface area contributed by atoms with Crippen molar-refractivity contribution < 1.29 is 29.0 Å².